The standard InChI is InChI=1S/C16H22N4/c1-20-11-2-3-14(9-12-20)18-15-6-4-13(5-7-15)16-8-10-17-19-16/h4-8,10,14,18H,2-3,9,11-12H2,1H3,(H,17,19). The number of aromatic amines is 1. The van der Waals surface area contributed by atoms with Gasteiger partial charge in [0.15, 0.2) is 0 Å². The van der Waals surface area contributed by atoms with E-state index in [4.69, 9.17) is 0 Å². The Bertz CT molecular complexity index is 518. The summed E-state index contributed by atoms with van der Waals surface area (Å²) >= 11 is 0. The highest BCUT2D eigenvalue weighted by Gasteiger charge is 2.14. The van der Waals surface area contributed by atoms with E-state index in [1.165, 1.54) is 43.6 Å². The van der Waals surface area contributed by atoms with Gasteiger partial charge in [-0.05, 0) is 63.2 Å². The second-order valence-electron chi connectivity index (χ2n) is 5.62. The predicted octanol–water partition coefficient (Wildman–Crippen LogP) is 2.97. The third-order valence-corrected chi connectivity index (χ3v) is 4.02. The molecule has 0 amide bonds. The molecule has 2 heterocycles. The molecule has 106 valence electrons. The number of hydrogen-bond donors (Lipinski definition) is 2. The van der Waals surface area contributed by atoms with Gasteiger partial charge in [-0.3, -0.25) is 5.10 Å². The molecule has 2 aromatic rings. The Morgan fingerprint density at radius 1 is 1.15 bits per heavy atom. The van der Waals surface area contributed by atoms with E-state index in [1.54, 1.807) is 6.20 Å². The largest absolute Gasteiger partial charge is 0.382 e. The number of benzene rings is 1. The van der Waals surface area contributed by atoms with Gasteiger partial charge in [0.25, 0.3) is 0 Å². The highest BCUT2D eigenvalue weighted by molar-refractivity contribution is 5.62. The summed E-state index contributed by atoms with van der Waals surface area (Å²) in [6.45, 7) is 2.40. The summed E-state index contributed by atoms with van der Waals surface area (Å²) in [7, 11) is 2.21. The smallest absolute Gasteiger partial charge is 0.0650 e. The zero-order valence-corrected chi connectivity index (χ0v) is 12.0. The average molecular weight is 270 g/mol. The van der Waals surface area contributed by atoms with E-state index >= 15 is 0 Å². The first-order chi connectivity index (χ1) is 9.81. The average Bonchev–Trinajstić information content (AvgIpc) is 2.92. The molecule has 1 aliphatic rings. The minimum atomic E-state index is 0.595. The van der Waals surface area contributed by atoms with E-state index in [0.717, 1.165) is 5.69 Å². The van der Waals surface area contributed by atoms with Crippen LogP contribution in [-0.4, -0.2) is 41.3 Å². The van der Waals surface area contributed by atoms with Gasteiger partial charge >= 0.3 is 0 Å². The molecule has 1 unspecified atom stereocenters. The number of rotatable bonds is 3. The van der Waals surface area contributed by atoms with Gasteiger partial charge in [-0.25, -0.2) is 0 Å². The molecule has 1 saturated heterocycles. The van der Waals surface area contributed by atoms with Crippen molar-refractivity contribution in [3.8, 4) is 11.3 Å². The lowest BCUT2D eigenvalue weighted by atomic mass is 10.1. The molecule has 0 bridgehead atoms. The van der Waals surface area contributed by atoms with Crippen molar-refractivity contribution in [1.82, 2.24) is 15.1 Å². The Labute approximate surface area is 120 Å². The highest BCUT2D eigenvalue weighted by atomic mass is 15.1. The van der Waals surface area contributed by atoms with Crippen molar-refractivity contribution in [2.75, 3.05) is 25.5 Å². The van der Waals surface area contributed by atoms with E-state index in [-0.39, 0.29) is 0 Å². The van der Waals surface area contributed by atoms with Crippen LogP contribution in [-0.2, 0) is 0 Å². The summed E-state index contributed by atoms with van der Waals surface area (Å²) in [5, 5.41) is 10.6. The van der Waals surface area contributed by atoms with E-state index in [9.17, 15) is 0 Å². The van der Waals surface area contributed by atoms with Crippen molar-refractivity contribution in [3.63, 3.8) is 0 Å². The van der Waals surface area contributed by atoms with Gasteiger partial charge in [-0.2, -0.15) is 5.10 Å². The lowest BCUT2D eigenvalue weighted by Gasteiger charge is -2.18. The SMILES string of the molecule is CN1CCCC(Nc2ccc(-c3ccn[nH]3)cc2)CC1. The summed E-state index contributed by atoms with van der Waals surface area (Å²) in [4.78, 5) is 2.42. The molecule has 4 heteroatoms. The van der Waals surface area contributed by atoms with Gasteiger partial charge in [-0.1, -0.05) is 12.1 Å². The number of anilines is 1. The van der Waals surface area contributed by atoms with Crippen molar-refractivity contribution in [1.29, 1.82) is 0 Å². The van der Waals surface area contributed by atoms with E-state index in [2.05, 4.69) is 51.7 Å². The summed E-state index contributed by atoms with van der Waals surface area (Å²) in [6.07, 6.45) is 5.54. The van der Waals surface area contributed by atoms with Gasteiger partial charge in [0.05, 0.1) is 5.69 Å². The van der Waals surface area contributed by atoms with Gasteiger partial charge < -0.3 is 10.2 Å². The molecule has 0 spiro atoms. The first kappa shape index (κ1) is 13.2. The first-order valence-corrected chi connectivity index (χ1v) is 7.36. The maximum atomic E-state index is 3.99. The lowest BCUT2D eigenvalue weighted by molar-refractivity contribution is 0.348. The second kappa shape index (κ2) is 6.09. The van der Waals surface area contributed by atoms with Crippen molar-refractivity contribution in [2.24, 2.45) is 0 Å². The Balaban J connectivity index is 1.63. The van der Waals surface area contributed by atoms with Gasteiger partial charge in [0.1, 0.15) is 0 Å². The molecule has 0 radical (unpaired) electrons. The van der Waals surface area contributed by atoms with Crippen LogP contribution in [0.15, 0.2) is 36.5 Å². The third kappa shape index (κ3) is 3.20. The number of hydrogen-bond acceptors (Lipinski definition) is 3. The monoisotopic (exact) mass is 270 g/mol. The predicted molar refractivity (Wildman–Crippen MR) is 82.8 cm³/mol. The third-order valence-electron chi connectivity index (χ3n) is 4.02. The number of H-pyrrole nitrogens is 1. The second-order valence-corrected chi connectivity index (χ2v) is 5.62. The van der Waals surface area contributed by atoms with E-state index in [1.807, 2.05) is 6.07 Å². The van der Waals surface area contributed by atoms with Crippen LogP contribution in [0.2, 0.25) is 0 Å². The summed E-state index contributed by atoms with van der Waals surface area (Å²) in [5.74, 6) is 0. The van der Waals surface area contributed by atoms with Crippen LogP contribution in [0.3, 0.4) is 0 Å². The molecule has 1 aromatic heterocycles. The normalized spacial score (nSPS) is 20.6. The summed E-state index contributed by atoms with van der Waals surface area (Å²) in [6, 6.07) is 11.2. The molecule has 1 aromatic carbocycles. The minimum Gasteiger partial charge on any atom is -0.382 e. The Kier molecular flexibility index (Phi) is 4.02. The van der Waals surface area contributed by atoms with Crippen LogP contribution in [0.5, 0.6) is 0 Å². The van der Waals surface area contributed by atoms with Gasteiger partial charge in [0, 0.05) is 17.9 Å². The lowest BCUT2D eigenvalue weighted by Crippen LogP contribution is -2.22. The molecule has 0 aliphatic carbocycles. The van der Waals surface area contributed by atoms with Gasteiger partial charge in [-0.15, -0.1) is 0 Å². The zero-order chi connectivity index (χ0) is 13.8. The number of aromatic nitrogens is 2. The Hall–Kier alpha value is -1.81. The molecular formula is C16H22N4. The van der Waals surface area contributed by atoms with Crippen LogP contribution in [0.25, 0.3) is 11.3 Å². The molecule has 1 fully saturated rings. The quantitative estimate of drug-likeness (QED) is 0.901. The number of nitrogens with one attached hydrogen (secondary N) is 2. The fraction of sp³-hybridized carbons (Fsp3) is 0.438. The fourth-order valence-corrected chi connectivity index (χ4v) is 2.78. The van der Waals surface area contributed by atoms with E-state index < -0.39 is 0 Å². The molecule has 4 nitrogen and oxygen atoms in total. The van der Waals surface area contributed by atoms with Crippen molar-refractivity contribution >= 4 is 5.69 Å². The zero-order valence-electron chi connectivity index (χ0n) is 12.0. The summed E-state index contributed by atoms with van der Waals surface area (Å²) in [5.41, 5.74) is 3.45. The minimum absolute atomic E-state index is 0.595. The molecule has 2 N–H and O–H groups in total. The van der Waals surface area contributed by atoms with Crippen LogP contribution < -0.4 is 5.32 Å². The molecule has 1 aliphatic heterocycles. The maximum absolute atomic E-state index is 3.99. The van der Waals surface area contributed by atoms with Crippen molar-refractivity contribution < 1.29 is 0 Å². The molecule has 20 heavy (non-hydrogen) atoms. The van der Waals surface area contributed by atoms with Crippen molar-refractivity contribution in [3.05, 3.63) is 36.5 Å². The fourth-order valence-electron chi connectivity index (χ4n) is 2.78. The summed E-state index contributed by atoms with van der Waals surface area (Å²) < 4.78 is 0. The van der Waals surface area contributed by atoms with Crippen LogP contribution in [0.1, 0.15) is 19.3 Å². The van der Waals surface area contributed by atoms with Crippen LogP contribution >= 0.6 is 0 Å². The van der Waals surface area contributed by atoms with Crippen LogP contribution in [0, 0.1) is 0 Å². The number of nitrogens with zero attached hydrogens (tertiary/aromatic N) is 2. The van der Waals surface area contributed by atoms with Crippen LogP contribution in [0.4, 0.5) is 5.69 Å². The maximum Gasteiger partial charge on any atom is 0.0650 e. The molecule has 3 rings (SSSR count). The highest BCUT2D eigenvalue weighted by Crippen LogP contribution is 2.21. The van der Waals surface area contributed by atoms with E-state index in [0.29, 0.717) is 6.04 Å². The van der Waals surface area contributed by atoms with Crippen molar-refractivity contribution in [2.45, 2.75) is 25.3 Å². The molecular weight excluding hydrogens is 248 g/mol. The molecule has 0 saturated carbocycles. The number of likely N-dealkylation sites (tertiary alicyclic amines) is 1. The Morgan fingerprint density at radius 3 is 2.75 bits per heavy atom. The Morgan fingerprint density at radius 2 is 2.00 bits per heavy atom. The topological polar surface area (TPSA) is 44.0 Å². The molecule has 1 atom stereocenters. The first-order valence-electron chi connectivity index (χ1n) is 7.36. The van der Waals surface area contributed by atoms with Gasteiger partial charge in [0.2, 0.25) is 0 Å².